The second-order valence-electron chi connectivity index (χ2n) is 12.9. The Labute approximate surface area is 274 Å². The third kappa shape index (κ3) is 7.15. The first-order valence-corrected chi connectivity index (χ1v) is 16.1. The highest BCUT2D eigenvalue weighted by Crippen LogP contribution is 2.39. The molecule has 13 heteroatoms. The molecule has 1 fully saturated rings. The molecule has 7 N–H and O–H groups in total. The van der Waals surface area contributed by atoms with Crippen LogP contribution >= 0.6 is 0 Å². The molecule has 1 aliphatic carbocycles. The Morgan fingerprint density at radius 1 is 0.938 bits per heavy atom. The SMILES string of the molecule is CC(C)c1nc2cc(-c3ccc(C[C@H](NC(=O)C4CCC(CN)CC4)C(=O)Nc4ccc5[nH]c(=O)[nH]c5c4)cc3)c(C(F)(F)F)cc2[nH]1. The number of imidazole rings is 2. The number of halogens is 3. The van der Waals surface area contributed by atoms with Crippen LogP contribution in [0.1, 0.15) is 62.4 Å². The standard InChI is InChI=1S/C35H38F3N7O3/c1-18(2)31-41-28-15-24(25(35(36,37)38)16-29(28)42-31)21-7-3-19(4-8-21)13-30(43-32(46)22-9-5-20(17-39)6-10-22)33(47)40-23-11-12-26-27(14-23)45-34(48)44-26/h3-4,7-8,11-12,14-16,18,20,22,30H,5-6,9-10,13,17,39H2,1-2H3,(H,40,47)(H,41,42)(H,43,46)(H2,44,45,48)/t20?,22?,30-/m0/s1. The molecule has 1 aliphatic rings. The molecule has 2 aromatic heterocycles. The lowest BCUT2D eigenvalue weighted by Crippen LogP contribution is -2.48. The number of hydrogen-bond acceptors (Lipinski definition) is 5. The van der Waals surface area contributed by atoms with Gasteiger partial charge in [-0.1, -0.05) is 38.1 Å². The van der Waals surface area contributed by atoms with Crippen molar-refractivity contribution in [2.45, 2.75) is 64.1 Å². The van der Waals surface area contributed by atoms with E-state index in [0.29, 0.717) is 70.0 Å². The van der Waals surface area contributed by atoms with Crippen LogP contribution in [0.3, 0.4) is 0 Å². The third-order valence-corrected chi connectivity index (χ3v) is 9.16. The quantitative estimate of drug-likeness (QED) is 0.115. The maximum Gasteiger partial charge on any atom is 0.417 e. The molecule has 2 amide bonds. The monoisotopic (exact) mass is 661 g/mol. The van der Waals surface area contributed by atoms with Crippen molar-refractivity contribution in [3.8, 4) is 11.1 Å². The molecule has 1 saturated carbocycles. The number of anilines is 1. The van der Waals surface area contributed by atoms with Crippen LogP contribution in [0.4, 0.5) is 18.9 Å². The van der Waals surface area contributed by atoms with Crippen LogP contribution in [0.2, 0.25) is 0 Å². The summed E-state index contributed by atoms with van der Waals surface area (Å²) in [7, 11) is 0. The summed E-state index contributed by atoms with van der Waals surface area (Å²) in [6.07, 6.45) is -1.47. The van der Waals surface area contributed by atoms with E-state index in [1.807, 2.05) is 13.8 Å². The minimum absolute atomic E-state index is 0.00257. The summed E-state index contributed by atoms with van der Waals surface area (Å²) in [5, 5.41) is 5.76. The number of nitrogens with two attached hydrogens (primary N) is 1. The van der Waals surface area contributed by atoms with Gasteiger partial charge in [-0.2, -0.15) is 13.2 Å². The zero-order chi connectivity index (χ0) is 34.2. The van der Waals surface area contributed by atoms with Crippen LogP contribution < -0.4 is 22.1 Å². The fraction of sp³-hybridized carbons (Fsp3) is 0.371. The molecule has 6 rings (SSSR count). The fourth-order valence-electron chi connectivity index (χ4n) is 6.38. The van der Waals surface area contributed by atoms with Crippen molar-refractivity contribution in [2.75, 3.05) is 11.9 Å². The highest BCUT2D eigenvalue weighted by Gasteiger charge is 2.35. The first-order valence-electron chi connectivity index (χ1n) is 16.1. The molecular weight excluding hydrogens is 623 g/mol. The number of carbonyl (C=O) groups excluding carboxylic acids is 2. The zero-order valence-electron chi connectivity index (χ0n) is 26.6. The van der Waals surface area contributed by atoms with Crippen molar-refractivity contribution >= 4 is 39.6 Å². The highest BCUT2D eigenvalue weighted by molar-refractivity contribution is 5.99. The molecule has 5 aromatic rings. The molecule has 2 heterocycles. The van der Waals surface area contributed by atoms with E-state index in [9.17, 15) is 27.6 Å². The molecule has 0 unspecified atom stereocenters. The first kappa shape index (κ1) is 33.0. The van der Waals surface area contributed by atoms with Crippen molar-refractivity contribution in [3.63, 3.8) is 0 Å². The molecule has 48 heavy (non-hydrogen) atoms. The minimum Gasteiger partial charge on any atom is -0.344 e. The Bertz CT molecular complexity index is 2000. The van der Waals surface area contributed by atoms with Gasteiger partial charge in [0.05, 0.1) is 27.6 Å². The summed E-state index contributed by atoms with van der Waals surface area (Å²) < 4.78 is 42.6. The summed E-state index contributed by atoms with van der Waals surface area (Å²) in [5.41, 5.74) is 7.92. The molecule has 0 aliphatic heterocycles. The van der Waals surface area contributed by atoms with Crippen LogP contribution in [0, 0.1) is 11.8 Å². The molecule has 0 saturated heterocycles. The molecule has 3 aromatic carbocycles. The molecule has 0 radical (unpaired) electrons. The predicted octanol–water partition coefficient (Wildman–Crippen LogP) is 5.97. The third-order valence-electron chi connectivity index (χ3n) is 9.16. The second kappa shape index (κ2) is 13.3. The van der Waals surface area contributed by atoms with Crippen molar-refractivity contribution in [3.05, 3.63) is 82.0 Å². The summed E-state index contributed by atoms with van der Waals surface area (Å²) in [6, 6.07) is 13.0. The van der Waals surface area contributed by atoms with Gasteiger partial charge in [0.15, 0.2) is 0 Å². The van der Waals surface area contributed by atoms with E-state index in [1.54, 1.807) is 42.5 Å². The minimum atomic E-state index is -4.60. The number of benzene rings is 3. The first-order chi connectivity index (χ1) is 22.9. The Morgan fingerprint density at radius 3 is 2.31 bits per heavy atom. The highest BCUT2D eigenvalue weighted by atomic mass is 19.4. The number of fused-ring (bicyclic) bond motifs is 2. The molecule has 0 spiro atoms. The lowest BCUT2D eigenvalue weighted by atomic mass is 9.81. The van der Waals surface area contributed by atoms with E-state index < -0.39 is 23.7 Å². The van der Waals surface area contributed by atoms with Gasteiger partial charge in [-0.25, -0.2) is 9.78 Å². The van der Waals surface area contributed by atoms with Gasteiger partial charge in [0.2, 0.25) is 11.8 Å². The number of hydrogen-bond donors (Lipinski definition) is 6. The number of alkyl halides is 3. The Morgan fingerprint density at radius 2 is 1.65 bits per heavy atom. The summed E-state index contributed by atoms with van der Waals surface area (Å²) in [5.74, 6) is 0.0542. The van der Waals surface area contributed by atoms with Gasteiger partial charge < -0.3 is 31.3 Å². The van der Waals surface area contributed by atoms with Gasteiger partial charge in [-0.05, 0) is 85.2 Å². The summed E-state index contributed by atoms with van der Waals surface area (Å²) >= 11 is 0. The van der Waals surface area contributed by atoms with E-state index in [-0.39, 0.29) is 35.4 Å². The van der Waals surface area contributed by atoms with Gasteiger partial charge in [-0.15, -0.1) is 0 Å². The lowest BCUT2D eigenvalue weighted by molar-refractivity contribution is -0.137. The molecule has 10 nitrogen and oxygen atoms in total. The van der Waals surface area contributed by atoms with Gasteiger partial charge in [-0.3, -0.25) is 9.59 Å². The lowest BCUT2D eigenvalue weighted by Gasteiger charge is -2.28. The largest absolute Gasteiger partial charge is 0.417 e. The number of nitrogens with one attached hydrogen (secondary N) is 5. The van der Waals surface area contributed by atoms with E-state index in [0.717, 1.165) is 18.9 Å². The molecule has 1 atom stereocenters. The fourth-order valence-corrected chi connectivity index (χ4v) is 6.38. The van der Waals surface area contributed by atoms with E-state index in [4.69, 9.17) is 5.73 Å². The van der Waals surface area contributed by atoms with Gasteiger partial charge in [0.25, 0.3) is 0 Å². The number of aromatic nitrogens is 4. The Balaban J connectivity index is 1.26. The van der Waals surface area contributed by atoms with Gasteiger partial charge >= 0.3 is 11.9 Å². The number of H-pyrrole nitrogens is 3. The average molecular weight is 662 g/mol. The van der Waals surface area contributed by atoms with Crippen molar-refractivity contribution in [1.29, 1.82) is 0 Å². The Kier molecular flexibility index (Phi) is 9.15. The average Bonchev–Trinajstić information content (AvgIpc) is 3.66. The molecule has 252 valence electrons. The number of nitrogens with zero attached hydrogens (tertiary/aromatic N) is 1. The molecular formula is C35H38F3N7O3. The summed E-state index contributed by atoms with van der Waals surface area (Å²) in [6.45, 7) is 4.39. The normalized spacial score (nSPS) is 17.6. The maximum absolute atomic E-state index is 14.2. The van der Waals surface area contributed by atoms with Crippen molar-refractivity contribution in [2.24, 2.45) is 17.6 Å². The zero-order valence-corrected chi connectivity index (χ0v) is 26.6. The maximum atomic E-state index is 14.2. The van der Waals surface area contributed by atoms with Gasteiger partial charge in [0.1, 0.15) is 11.9 Å². The van der Waals surface area contributed by atoms with Crippen LogP contribution in [0.25, 0.3) is 33.2 Å². The van der Waals surface area contributed by atoms with Gasteiger partial charge in [0, 0.05) is 23.9 Å². The summed E-state index contributed by atoms with van der Waals surface area (Å²) in [4.78, 5) is 51.5. The number of aromatic amines is 3. The van der Waals surface area contributed by atoms with Crippen LogP contribution in [-0.2, 0) is 22.2 Å². The second-order valence-corrected chi connectivity index (χ2v) is 12.9. The van der Waals surface area contributed by atoms with E-state index in [1.165, 1.54) is 6.07 Å². The van der Waals surface area contributed by atoms with Crippen LogP contribution in [0.15, 0.2) is 59.4 Å². The van der Waals surface area contributed by atoms with E-state index in [2.05, 4.69) is 30.6 Å². The number of amides is 2. The predicted molar refractivity (Wildman–Crippen MR) is 178 cm³/mol. The number of carbonyl (C=O) groups is 2. The van der Waals surface area contributed by atoms with E-state index >= 15 is 0 Å². The van der Waals surface area contributed by atoms with Crippen molar-refractivity contribution < 1.29 is 22.8 Å². The molecule has 0 bridgehead atoms. The number of rotatable bonds is 9. The Hall–Kier alpha value is -4.91. The van der Waals surface area contributed by atoms with Crippen LogP contribution in [-0.4, -0.2) is 44.3 Å². The topological polar surface area (TPSA) is 162 Å². The smallest absolute Gasteiger partial charge is 0.344 e. The van der Waals surface area contributed by atoms with Crippen LogP contribution in [0.5, 0.6) is 0 Å². The van der Waals surface area contributed by atoms with Crippen molar-refractivity contribution in [1.82, 2.24) is 25.3 Å².